The third-order valence-corrected chi connectivity index (χ3v) is 4.63. The molecule has 0 spiro atoms. The Balaban J connectivity index is 2.34. The topological polar surface area (TPSA) is 55.4 Å². The smallest absolute Gasteiger partial charge is 0.341 e. The van der Waals surface area contributed by atoms with Crippen LogP contribution in [-0.4, -0.2) is 18.5 Å². The Morgan fingerprint density at radius 3 is 2.65 bits per heavy atom. The molecule has 0 bridgehead atoms. The zero-order chi connectivity index (χ0) is 17.1. The number of nitrogens with one attached hydrogen (secondary N) is 1. The standard InChI is InChI=1S/C16H15ClFNO3S/c1-4-22-16(21)13-8(2)9(3)23-15(13)19-14(20)11-6-5-10(17)7-12(11)18/h5-7H,4H2,1-3H3,(H,19,20). The van der Waals surface area contributed by atoms with Gasteiger partial charge in [-0.3, -0.25) is 4.79 Å². The van der Waals surface area contributed by atoms with Gasteiger partial charge in [-0.1, -0.05) is 11.6 Å². The molecule has 0 aliphatic heterocycles. The zero-order valence-electron chi connectivity index (χ0n) is 12.8. The number of anilines is 1. The second-order valence-electron chi connectivity index (χ2n) is 4.79. The van der Waals surface area contributed by atoms with Crippen molar-refractivity contribution >= 4 is 39.8 Å². The Morgan fingerprint density at radius 2 is 2.04 bits per heavy atom. The average Bonchev–Trinajstić information content (AvgIpc) is 2.73. The second-order valence-corrected chi connectivity index (χ2v) is 6.45. The summed E-state index contributed by atoms with van der Waals surface area (Å²) in [6, 6.07) is 3.79. The Morgan fingerprint density at radius 1 is 1.35 bits per heavy atom. The van der Waals surface area contributed by atoms with Crippen molar-refractivity contribution < 1.29 is 18.7 Å². The number of rotatable bonds is 4. The van der Waals surface area contributed by atoms with Crippen LogP contribution in [0.25, 0.3) is 0 Å². The highest BCUT2D eigenvalue weighted by Crippen LogP contribution is 2.33. The molecule has 0 fully saturated rings. The molecular formula is C16H15ClFNO3S. The fraction of sp³-hybridized carbons (Fsp3) is 0.250. The lowest BCUT2D eigenvalue weighted by molar-refractivity contribution is 0.0527. The van der Waals surface area contributed by atoms with Gasteiger partial charge in [-0.2, -0.15) is 0 Å². The SMILES string of the molecule is CCOC(=O)c1c(NC(=O)c2ccc(Cl)cc2F)sc(C)c1C. The van der Waals surface area contributed by atoms with Crippen molar-refractivity contribution in [2.75, 3.05) is 11.9 Å². The molecule has 0 aliphatic carbocycles. The predicted octanol–water partition coefficient (Wildman–Crippen LogP) is 4.59. The maximum atomic E-state index is 13.8. The number of hydrogen-bond acceptors (Lipinski definition) is 4. The Bertz CT molecular complexity index is 773. The number of aryl methyl sites for hydroxylation is 1. The summed E-state index contributed by atoms with van der Waals surface area (Å²) in [6.07, 6.45) is 0. The van der Waals surface area contributed by atoms with Gasteiger partial charge in [-0.25, -0.2) is 9.18 Å². The highest BCUT2D eigenvalue weighted by atomic mass is 35.5. The summed E-state index contributed by atoms with van der Waals surface area (Å²) in [4.78, 5) is 25.2. The fourth-order valence-electron chi connectivity index (χ4n) is 2.01. The summed E-state index contributed by atoms with van der Waals surface area (Å²) in [7, 11) is 0. The normalized spacial score (nSPS) is 10.5. The van der Waals surface area contributed by atoms with E-state index >= 15 is 0 Å². The number of carbonyl (C=O) groups excluding carboxylic acids is 2. The maximum Gasteiger partial charge on any atom is 0.341 e. The number of thiophene rings is 1. The van der Waals surface area contributed by atoms with E-state index in [1.807, 2.05) is 6.92 Å². The molecule has 0 saturated carbocycles. The van der Waals surface area contributed by atoms with Crippen molar-refractivity contribution in [3.05, 3.63) is 50.6 Å². The Labute approximate surface area is 142 Å². The predicted molar refractivity (Wildman–Crippen MR) is 89.1 cm³/mol. The lowest BCUT2D eigenvalue weighted by atomic mass is 10.1. The lowest BCUT2D eigenvalue weighted by Gasteiger charge is -2.08. The van der Waals surface area contributed by atoms with E-state index in [9.17, 15) is 14.0 Å². The van der Waals surface area contributed by atoms with Crippen LogP contribution in [0, 0.1) is 19.7 Å². The van der Waals surface area contributed by atoms with Gasteiger partial charge in [0.1, 0.15) is 10.8 Å². The Kier molecular flexibility index (Phi) is 5.38. The van der Waals surface area contributed by atoms with Gasteiger partial charge in [0.05, 0.1) is 17.7 Å². The fourth-order valence-corrected chi connectivity index (χ4v) is 3.21. The summed E-state index contributed by atoms with van der Waals surface area (Å²) in [5, 5.41) is 3.13. The van der Waals surface area contributed by atoms with Crippen LogP contribution in [0.5, 0.6) is 0 Å². The first-order valence-corrected chi connectivity index (χ1v) is 8.08. The van der Waals surface area contributed by atoms with Crippen LogP contribution in [-0.2, 0) is 4.74 Å². The number of benzene rings is 1. The summed E-state index contributed by atoms with van der Waals surface area (Å²) in [6.45, 7) is 5.54. The van der Waals surface area contributed by atoms with E-state index in [1.165, 1.54) is 23.5 Å². The van der Waals surface area contributed by atoms with Gasteiger partial charge in [0.15, 0.2) is 0 Å². The maximum absolute atomic E-state index is 13.8. The van der Waals surface area contributed by atoms with Crippen molar-refractivity contribution in [1.29, 1.82) is 0 Å². The minimum absolute atomic E-state index is 0.145. The van der Waals surface area contributed by atoms with Crippen molar-refractivity contribution in [2.45, 2.75) is 20.8 Å². The highest BCUT2D eigenvalue weighted by molar-refractivity contribution is 7.16. The van der Waals surface area contributed by atoms with Gasteiger partial charge in [-0.15, -0.1) is 11.3 Å². The molecule has 4 nitrogen and oxygen atoms in total. The zero-order valence-corrected chi connectivity index (χ0v) is 14.4. The third kappa shape index (κ3) is 3.71. The lowest BCUT2D eigenvalue weighted by Crippen LogP contribution is -2.16. The highest BCUT2D eigenvalue weighted by Gasteiger charge is 2.23. The summed E-state index contributed by atoms with van der Waals surface area (Å²) in [5.74, 6) is -1.88. The molecule has 2 rings (SSSR count). The first kappa shape index (κ1) is 17.4. The second kappa shape index (κ2) is 7.10. The Hall–Kier alpha value is -1.92. The average molecular weight is 356 g/mol. The number of esters is 1. The van der Waals surface area contributed by atoms with Crippen LogP contribution in [0.2, 0.25) is 5.02 Å². The molecule has 1 aromatic carbocycles. The van der Waals surface area contributed by atoms with Gasteiger partial charge in [0.2, 0.25) is 0 Å². The molecule has 0 aliphatic rings. The summed E-state index contributed by atoms with van der Waals surface area (Å²) in [5.41, 5.74) is 0.894. The van der Waals surface area contributed by atoms with Crippen LogP contribution < -0.4 is 5.32 Å². The largest absolute Gasteiger partial charge is 0.462 e. The molecule has 2 aromatic rings. The summed E-state index contributed by atoms with van der Waals surface area (Å²) >= 11 is 6.92. The van der Waals surface area contributed by atoms with E-state index in [2.05, 4.69) is 5.32 Å². The van der Waals surface area contributed by atoms with E-state index in [1.54, 1.807) is 13.8 Å². The minimum atomic E-state index is -0.724. The van der Waals surface area contributed by atoms with Gasteiger partial charge >= 0.3 is 5.97 Å². The molecule has 122 valence electrons. The van der Waals surface area contributed by atoms with Crippen LogP contribution in [0.1, 0.15) is 38.1 Å². The quantitative estimate of drug-likeness (QED) is 0.816. The van der Waals surface area contributed by atoms with E-state index in [0.717, 1.165) is 16.5 Å². The van der Waals surface area contributed by atoms with E-state index < -0.39 is 17.7 Å². The van der Waals surface area contributed by atoms with E-state index in [0.29, 0.717) is 10.6 Å². The number of halogens is 2. The van der Waals surface area contributed by atoms with E-state index in [-0.39, 0.29) is 17.2 Å². The van der Waals surface area contributed by atoms with Crippen LogP contribution in [0.4, 0.5) is 9.39 Å². The van der Waals surface area contributed by atoms with Crippen LogP contribution in [0.3, 0.4) is 0 Å². The number of amides is 1. The molecule has 0 radical (unpaired) electrons. The van der Waals surface area contributed by atoms with Gasteiger partial charge in [0, 0.05) is 9.90 Å². The molecular weight excluding hydrogens is 341 g/mol. The molecule has 1 aromatic heterocycles. The molecule has 1 amide bonds. The number of carbonyl (C=O) groups is 2. The van der Waals surface area contributed by atoms with Crippen LogP contribution in [0.15, 0.2) is 18.2 Å². The molecule has 0 saturated heterocycles. The molecule has 0 atom stereocenters. The third-order valence-electron chi connectivity index (χ3n) is 3.27. The van der Waals surface area contributed by atoms with E-state index in [4.69, 9.17) is 16.3 Å². The van der Waals surface area contributed by atoms with Crippen LogP contribution >= 0.6 is 22.9 Å². The number of ether oxygens (including phenoxy) is 1. The molecule has 1 heterocycles. The van der Waals surface area contributed by atoms with Gasteiger partial charge in [-0.05, 0) is 44.5 Å². The van der Waals surface area contributed by atoms with Crippen molar-refractivity contribution in [3.63, 3.8) is 0 Å². The molecule has 7 heteroatoms. The first-order valence-electron chi connectivity index (χ1n) is 6.88. The monoisotopic (exact) mass is 355 g/mol. The van der Waals surface area contributed by atoms with Crippen molar-refractivity contribution in [3.8, 4) is 0 Å². The molecule has 23 heavy (non-hydrogen) atoms. The summed E-state index contributed by atoms with van der Waals surface area (Å²) < 4.78 is 18.8. The van der Waals surface area contributed by atoms with Gasteiger partial charge in [0.25, 0.3) is 5.91 Å². The molecule has 1 N–H and O–H groups in total. The molecule has 0 unspecified atom stereocenters. The van der Waals surface area contributed by atoms with Crippen molar-refractivity contribution in [2.24, 2.45) is 0 Å². The van der Waals surface area contributed by atoms with Gasteiger partial charge < -0.3 is 10.1 Å². The number of hydrogen-bond donors (Lipinski definition) is 1. The van der Waals surface area contributed by atoms with Crippen molar-refractivity contribution in [1.82, 2.24) is 0 Å². The first-order chi connectivity index (χ1) is 10.8. The minimum Gasteiger partial charge on any atom is -0.462 e.